The van der Waals surface area contributed by atoms with Gasteiger partial charge < -0.3 is 10.5 Å². The molecule has 7 heteroatoms. The fraction of sp³-hybridized carbons (Fsp3) is 0.286. The Morgan fingerprint density at radius 1 is 1.43 bits per heavy atom. The van der Waals surface area contributed by atoms with Crippen LogP contribution in [-0.2, 0) is 0 Å². The number of nitrogen functional groups attached to an aromatic ring is 1. The molecular weight excluding hydrogens is 204 g/mol. The van der Waals surface area contributed by atoms with E-state index in [9.17, 15) is 17.6 Å². The Morgan fingerprint density at radius 3 is 2.57 bits per heavy atom. The quantitative estimate of drug-likeness (QED) is 0.756. The lowest BCUT2D eigenvalue weighted by molar-refractivity contribution is -0.154. The van der Waals surface area contributed by atoms with Crippen molar-refractivity contribution < 1.29 is 22.3 Å². The van der Waals surface area contributed by atoms with E-state index in [4.69, 9.17) is 5.73 Å². The molecular formula is C7H6F4N2O. The molecule has 0 aromatic carbocycles. The second-order valence-corrected chi connectivity index (χ2v) is 2.46. The first-order valence-corrected chi connectivity index (χ1v) is 3.49. The highest BCUT2D eigenvalue weighted by molar-refractivity contribution is 5.37. The fourth-order valence-electron chi connectivity index (χ4n) is 0.697. The Balaban J connectivity index is 2.68. The van der Waals surface area contributed by atoms with Crippen molar-refractivity contribution in [3.8, 4) is 5.88 Å². The zero-order valence-corrected chi connectivity index (χ0v) is 6.81. The van der Waals surface area contributed by atoms with Crippen molar-refractivity contribution >= 4 is 5.69 Å². The molecule has 0 aliphatic heterocycles. The highest BCUT2D eigenvalue weighted by atomic mass is 19.4. The lowest BCUT2D eigenvalue weighted by Gasteiger charge is -2.08. The van der Waals surface area contributed by atoms with Crippen LogP contribution in [0.2, 0.25) is 0 Å². The van der Waals surface area contributed by atoms with Gasteiger partial charge in [0.15, 0.2) is 12.4 Å². The summed E-state index contributed by atoms with van der Waals surface area (Å²) in [5.74, 6) is -1.73. The number of alkyl halides is 3. The van der Waals surface area contributed by atoms with Crippen LogP contribution in [0.4, 0.5) is 23.2 Å². The first kappa shape index (κ1) is 10.6. The number of anilines is 1. The van der Waals surface area contributed by atoms with Crippen molar-refractivity contribution in [1.29, 1.82) is 0 Å². The van der Waals surface area contributed by atoms with E-state index in [1.165, 1.54) is 0 Å². The average molecular weight is 210 g/mol. The van der Waals surface area contributed by atoms with Crippen molar-refractivity contribution in [2.75, 3.05) is 12.3 Å². The van der Waals surface area contributed by atoms with Crippen LogP contribution in [0.5, 0.6) is 5.88 Å². The summed E-state index contributed by atoms with van der Waals surface area (Å²) in [7, 11) is 0. The minimum atomic E-state index is -4.52. The van der Waals surface area contributed by atoms with Crippen LogP contribution in [-0.4, -0.2) is 17.8 Å². The van der Waals surface area contributed by atoms with E-state index in [1.807, 2.05) is 0 Å². The summed E-state index contributed by atoms with van der Waals surface area (Å²) < 4.78 is 51.8. The zero-order chi connectivity index (χ0) is 10.8. The third-order valence-corrected chi connectivity index (χ3v) is 1.20. The van der Waals surface area contributed by atoms with Crippen LogP contribution < -0.4 is 10.5 Å². The summed E-state index contributed by atoms with van der Waals surface area (Å²) in [6, 6.07) is 0.832. The number of rotatable bonds is 2. The van der Waals surface area contributed by atoms with E-state index in [0.717, 1.165) is 12.3 Å². The second-order valence-electron chi connectivity index (χ2n) is 2.46. The largest absolute Gasteiger partial charge is 0.466 e. The monoisotopic (exact) mass is 210 g/mol. The van der Waals surface area contributed by atoms with Gasteiger partial charge in [-0.25, -0.2) is 9.37 Å². The van der Waals surface area contributed by atoms with Gasteiger partial charge in [0.2, 0.25) is 0 Å². The molecule has 0 spiro atoms. The predicted octanol–water partition coefficient (Wildman–Crippen LogP) is 1.74. The standard InChI is InChI=1S/C7H6F4N2O/c8-5-1-4(12)2-13-6(5)14-3-7(9,10)11/h1-2H,3,12H2. The molecule has 0 unspecified atom stereocenters. The number of ether oxygens (including phenoxy) is 1. The van der Waals surface area contributed by atoms with Crippen molar-refractivity contribution in [1.82, 2.24) is 4.98 Å². The average Bonchev–Trinajstić information content (AvgIpc) is 2.00. The number of halogens is 4. The van der Waals surface area contributed by atoms with Crippen molar-refractivity contribution in [2.45, 2.75) is 6.18 Å². The van der Waals surface area contributed by atoms with Gasteiger partial charge in [-0.1, -0.05) is 0 Å². The molecule has 0 aliphatic carbocycles. The van der Waals surface area contributed by atoms with E-state index < -0.39 is 24.5 Å². The van der Waals surface area contributed by atoms with Crippen LogP contribution in [0.1, 0.15) is 0 Å². The molecule has 78 valence electrons. The van der Waals surface area contributed by atoms with E-state index in [2.05, 4.69) is 9.72 Å². The molecule has 1 heterocycles. The summed E-state index contributed by atoms with van der Waals surface area (Å²) in [6.07, 6.45) is -3.51. The molecule has 2 N–H and O–H groups in total. The van der Waals surface area contributed by atoms with Gasteiger partial charge in [-0.2, -0.15) is 13.2 Å². The Kier molecular flexibility index (Phi) is 2.78. The Hall–Kier alpha value is -1.53. The normalized spacial score (nSPS) is 11.4. The van der Waals surface area contributed by atoms with Crippen LogP contribution in [0.15, 0.2) is 12.3 Å². The third kappa shape index (κ3) is 3.08. The first-order chi connectivity index (χ1) is 6.38. The summed E-state index contributed by atoms with van der Waals surface area (Å²) in [5.41, 5.74) is 5.14. The lowest BCUT2D eigenvalue weighted by Crippen LogP contribution is -2.20. The number of pyridine rings is 1. The highest BCUT2D eigenvalue weighted by Crippen LogP contribution is 2.20. The maximum Gasteiger partial charge on any atom is 0.422 e. The second kappa shape index (κ2) is 3.69. The Morgan fingerprint density at radius 2 is 2.07 bits per heavy atom. The number of hydrogen-bond donors (Lipinski definition) is 1. The molecule has 1 aromatic heterocycles. The predicted molar refractivity (Wildman–Crippen MR) is 40.2 cm³/mol. The molecule has 0 amide bonds. The van der Waals surface area contributed by atoms with Crippen LogP contribution >= 0.6 is 0 Å². The van der Waals surface area contributed by atoms with Gasteiger partial charge in [-0.05, 0) is 0 Å². The molecule has 0 saturated carbocycles. The van der Waals surface area contributed by atoms with E-state index in [0.29, 0.717) is 0 Å². The number of aromatic nitrogens is 1. The van der Waals surface area contributed by atoms with E-state index in [1.54, 1.807) is 0 Å². The molecule has 0 fully saturated rings. The van der Waals surface area contributed by atoms with Crippen LogP contribution in [0.25, 0.3) is 0 Å². The summed E-state index contributed by atoms with van der Waals surface area (Å²) in [6.45, 7) is -1.58. The van der Waals surface area contributed by atoms with Gasteiger partial charge in [0.25, 0.3) is 5.88 Å². The van der Waals surface area contributed by atoms with E-state index >= 15 is 0 Å². The molecule has 1 rings (SSSR count). The molecule has 0 aliphatic rings. The summed E-state index contributed by atoms with van der Waals surface area (Å²) in [5, 5.41) is 0. The summed E-state index contributed by atoms with van der Waals surface area (Å²) in [4.78, 5) is 3.26. The maximum atomic E-state index is 12.8. The first-order valence-electron chi connectivity index (χ1n) is 3.49. The van der Waals surface area contributed by atoms with Gasteiger partial charge in [-0.15, -0.1) is 0 Å². The molecule has 14 heavy (non-hydrogen) atoms. The highest BCUT2D eigenvalue weighted by Gasteiger charge is 2.29. The van der Waals surface area contributed by atoms with Gasteiger partial charge in [0, 0.05) is 6.07 Å². The molecule has 0 radical (unpaired) electrons. The lowest BCUT2D eigenvalue weighted by atomic mass is 10.4. The minimum absolute atomic E-state index is 0.0156. The minimum Gasteiger partial charge on any atom is -0.466 e. The van der Waals surface area contributed by atoms with E-state index in [-0.39, 0.29) is 5.69 Å². The van der Waals surface area contributed by atoms with Crippen LogP contribution in [0, 0.1) is 5.82 Å². The fourth-order valence-corrected chi connectivity index (χ4v) is 0.697. The SMILES string of the molecule is Nc1cnc(OCC(F)(F)F)c(F)c1. The molecule has 1 aromatic rings. The van der Waals surface area contributed by atoms with Gasteiger partial charge in [-0.3, -0.25) is 0 Å². The topological polar surface area (TPSA) is 48.1 Å². The number of nitrogens with zero attached hydrogens (tertiary/aromatic N) is 1. The maximum absolute atomic E-state index is 12.8. The number of nitrogens with two attached hydrogens (primary N) is 1. The summed E-state index contributed by atoms with van der Waals surface area (Å²) >= 11 is 0. The smallest absolute Gasteiger partial charge is 0.422 e. The third-order valence-electron chi connectivity index (χ3n) is 1.20. The zero-order valence-electron chi connectivity index (χ0n) is 6.81. The van der Waals surface area contributed by atoms with Crippen LogP contribution in [0.3, 0.4) is 0 Å². The Labute approximate surface area is 76.5 Å². The number of hydrogen-bond acceptors (Lipinski definition) is 3. The molecule has 0 atom stereocenters. The molecule has 0 bridgehead atoms. The van der Waals surface area contributed by atoms with Gasteiger partial charge in [0.1, 0.15) is 0 Å². The molecule has 0 saturated heterocycles. The molecule has 3 nitrogen and oxygen atoms in total. The Bertz CT molecular complexity index is 326. The van der Waals surface area contributed by atoms with Crippen molar-refractivity contribution in [3.63, 3.8) is 0 Å². The van der Waals surface area contributed by atoms with Gasteiger partial charge in [0.05, 0.1) is 11.9 Å². The van der Waals surface area contributed by atoms with Crippen molar-refractivity contribution in [2.24, 2.45) is 0 Å². The van der Waals surface area contributed by atoms with Crippen molar-refractivity contribution in [3.05, 3.63) is 18.1 Å². The van der Waals surface area contributed by atoms with Gasteiger partial charge >= 0.3 is 6.18 Å².